The van der Waals surface area contributed by atoms with E-state index in [2.05, 4.69) is 11.1 Å². The van der Waals surface area contributed by atoms with Crippen LogP contribution >= 0.6 is 0 Å². The molecule has 4 nitrogen and oxygen atoms in total. The first-order valence-electron chi connectivity index (χ1n) is 6.13. The fraction of sp³-hybridized carbons (Fsp3) is 0.333. The number of methoxy groups -OCH3 is 1. The van der Waals surface area contributed by atoms with Crippen LogP contribution in [0.3, 0.4) is 0 Å². The Balaban J connectivity index is 2.78. The number of aldehydes is 1. The van der Waals surface area contributed by atoms with Crippen molar-refractivity contribution in [1.82, 2.24) is 9.55 Å². The molecule has 100 valence electrons. The molecular weight excluding hydrogens is 240 g/mol. The zero-order chi connectivity index (χ0) is 14.2. The quantitative estimate of drug-likeness (QED) is 0.795. The highest BCUT2D eigenvalue weighted by molar-refractivity contribution is 5.87. The van der Waals surface area contributed by atoms with E-state index in [0.717, 1.165) is 34.6 Å². The number of imidazole rings is 1. The Hall–Kier alpha value is -2.10. The highest BCUT2D eigenvalue weighted by atomic mass is 16.5. The number of rotatable bonds is 3. The molecule has 0 radical (unpaired) electrons. The molecule has 0 saturated heterocycles. The van der Waals surface area contributed by atoms with Gasteiger partial charge in [0, 0.05) is 12.6 Å². The second-order valence-corrected chi connectivity index (χ2v) is 4.73. The van der Waals surface area contributed by atoms with E-state index < -0.39 is 0 Å². The lowest BCUT2D eigenvalue weighted by atomic mass is 10.0. The number of benzene rings is 1. The summed E-state index contributed by atoms with van der Waals surface area (Å²) >= 11 is 0. The van der Waals surface area contributed by atoms with Gasteiger partial charge in [0.15, 0.2) is 6.29 Å². The van der Waals surface area contributed by atoms with E-state index in [-0.39, 0.29) is 0 Å². The van der Waals surface area contributed by atoms with Crippen LogP contribution in [-0.4, -0.2) is 22.9 Å². The molecule has 19 heavy (non-hydrogen) atoms. The number of carbonyl (C=O) groups is 1. The molecule has 2 aromatic rings. The summed E-state index contributed by atoms with van der Waals surface area (Å²) in [4.78, 5) is 15.8. The molecule has 1 heterocycles. The van der Waals surface area contributed by atoms with Gasteiger partial charge in [0.25, 0.3) is 0 Å². The minimum atomic E-state index is 0.572. The summed E-state index contributed by atoms with van der Waals surface area (Å²) in [5, 5.41) is 0. The van der Waals surface area contributed by atoms with Crippen molar-refractivity contribution in [3.8, 4) is 17.0 Å². The normalized spacial score (nSPS) is 10.6. The summed E-state index contributed by atoms with van der Waals surface area (Å²) in [5.41, 5.74) is 4.32. The maximum atomic E-state index is 11.3. The van der Waals surface area contributed by atoms with Gasteiger partial charge in [-0.1, -0.05) is 6.07 Å². The van der Waals surface area contributed by atoms with E-state index in [0.29, 0.717) is 11.4 Å². The SMILES string of the molecule is COc1cc(C)cc(C)c1-c1nc(C)n(C)c1C=O. The van der Waals surface area contributed by atoms with Gasteiger partial charge in [-0.25, -0.2) is 4.98 Å². The first kappa shape index (κ1) is 13.3. The molecule has 0 bridgehead atoms. The van der Waals surface area contributed by atoms with E-state index in [1.54, 1.807) is 11.7 Å². The summed E-state index contributed by atoms with van der Waals surface area (Å²) in [6.45, 7) is 5.90. The molecule has 4 heteroatoms. The van der Waals surface area contributed by atoms with Crippen molar-refractivity contribution < 1.29 is 9.53 Å². The number of nitrogens with zero attached hydrogens (tertiary/aromatic N) is 2. The number of hydrogen-bond acceptors (Lipinski definition) is 3. The van der Waals surface area contributed by atoms with Crippen molar-refractivity contribution >= 4 is 6.29 Å². The lowest BCUT2D eigenvalue weighted by Gasteiger charge is -2.12. The molecule has 1 aromatic carbocycles. The van der Waals surface area contributed by atoms with Crippen LogP contribution in [0.2, 0.25) is 0 Å². The Kier molecular flexibility index (Phi) is 3.42. The van der Waals surface area contributed by atoms with E-state index in [9.17, 15) is 4.79 Å². The maximum Gasteiger partial charge on any atom is 0.168 e. The van der Waals surface area contributed by atoms with Crippen LogP contribution in [0.4, 0.5) is 0 Å². The molecule has 0 aliphatic carbocycles. The molecule has 0 atom stereocenters. The molecule has 0 unspecified atom stereocenters. The van der Waals surface area contributed by atoms with Crippen molar-refractivity contribution in [2.24, 2.45) is 7.05 Å². The van der Waals surface area contributed by atoms with Gasteiger partial charge in [-0.15, -0.1) is 0 Å². The Morgan fingerprint density at radius 3 is 2.53 bits per heavy atom. The molecule has 0 spiro atoms. The van der Waals surface area contributed by atoms with Gasteiger partial charge >= 0.3 is 0 Å². The molecule has 0 aliphatic rings. The molecule has 0 N–H and O–H groups in total. The predicted octanol–water partition coefficient (Wildman–Crippen LogP) is 2.83. The highest BCUT2D eigenvalue weighted by Gasteiger charge is 2.19. The fourth-order valence-corrected chi connectivity index (χ4v) is 2.34. The van der Waals surface area contributed by atoms with E-state index in [4.69, 9.17) is 4.74 Å². The summed E-state index contributed by atoms with van der Waals surface area (Å²) < 4.78 is 7.24. The summed E-state index contributed by atoms with van der Waals surface area (Å²) in [6, 6.07) is 4.03. The third-order valence-electron chi connectivity index (χ3n) is 3.38. The van der Waals surface area contributed by atoms with Gasteiger partial charge in [-0.2, -0.15) is 0 Å². The minimum Gasteiger partial charge on any atom is -0.496 e. The number of ether oxygens (including phenoxy) is 1. The smallest absolute Gasteiger partial charge is 0.168 e. The van der Waals surface area contributed by atoms with E-state index in [1.165, 1.54) is 0 Å². The van der Waals surface area contributed by atoms with Gasteiger partial charge < -0.3 is 9.30 Å². The lowest BCUT2D eigenvalue weighted by Crippen LogP contribution is -1.99. The number of aromatic nitrogens is 2. The van der Waals surface area contributed by atoms with Gasteiger partial charge in [-0.3, -0.25) is 4.79 Å². The third kappa shape index (κ3) is 2.14. The highest BCUT2D eigenvalue weighted by Crippen LogP contribution is 2.35. The Morgan fingerprint density at radius 1 is 1.26 bits per heavy atom. The molecule has 2 rings (SSSR count). The molecular formula is C15H18N2O2. The van der Waals surface area contributed by atoms with Crippen LogP contribution in [0.5, 0.6) is 5.75 Å². The Morgan fingerprint density at radius 2 is 1.95 bits per heavy atom. The second kappa shape index (κ2) is 4.88. The van der Waals surface area contributed by atoms with Crippen molar-refractivity contribution in [2.45, 2.75) is 20.8 Å². The summed E-state index contributed by atoms with van der Waals surface area (Å²) in [5.74, 6) is 1.55. The molecule has 1 aromatic heterocycles. The largest absolute Gasteiger partial charge is 0.496 e. The topological polar surface area (TPSA) is 44.1 Å². The monoisotopic (exact) mass is 258 g/mol. The number of carbonyl (C=O) groups excluding carboxylic acids is 1. The van der Waals surface area contributed by atoms with E-state index >= 15 is 0 Å². The number of hydrogen-bond donors (Lipinski definition) is 0. The standard InChI is InChI=1S/C15H18N2O2/c1-9-6-10(2)14(13(7-9)19-5)15-12(8-18)17(4)11(3)16-15/h6-8H,1-5H3. The first-order valence-corrected chi connectivity index (χ1v) is 6.13. The average molecular weight is 258 g/mol. The van der Waals surface area contributed by atoms with Crippen LogP contribution in [0.15, 0.2) is 12.1 Å². The predicted molar refractivity (Wildman–Crippen MR) is 74.8 cm³/mol. The Labute approximate surface area is 113 Å². The van der Waals surface area contributed by atoms with Crippen molar-refractivity contribution in [3.05, 3.63) is 34.8 Å². The second-order valence-electron chi connectivity index (χ2n) is 4.73. The fourth-order valence-electron chi connectivity index (χ4n) is 2.34. The van der Waals surface area contributed by atoms with Crippen LogP contribution in [0.25, 0.3) is 11.3 Å². The molecule has 0 saturated carbocycles. The zero-order valence-corrected chi connectivity index (χ0v) is 11.9. The zero-order valence-electron chi connectivity index (χ0n) is 11.9. The molecule has 0 fully saturated rings. The van der Waals surface area contributed by atoms with Crippen LogP contribution in [0.1, 0.15) is 27.4 Å². The van der Waals surface area contributed by atoms with E-state index in [1.807, 2.05) is 33.9 Å². The van der Waals surface area contributed by atoms with Crippen LogP contribution < -0.4 is 4.74 Å². The lowest BCUT2D eigenvalue weighted by molar-refractivity contribution is 0.111. The van der Waals surface area contributed by atoms with Crippen LogP contribution in [0, 0.1) is 20.8 Å². The van der Waals surface area contributed by atoms with Crippen molar-refractivity contribution in [2.75, 3.05) is 7.11 Å². The van der Waals surface area contributed by atoms with Gasteiger partial charge in [-0.05, 0) is 38.0 Å². The summed E-state index contributed by atoms with van der Waals surface area (Å²) in [6.07, 6.45) is 0.841. The van der Waals surface area contributed by atoms with Crippen molar-refractivity contribution in [1.29, 1.82) is 0 Å². The van der Waals surface area contributed by atoms with Gasteiger partial charge in [0.1, 0.15) is 23.0 Å². The minimum absolute atomic E-state index is 0.572. The van der Waals surface area contributed by atoms with Gasteiger partial charge in [0.2, 0.25) is 0 Å². The number of aryl methyl sites for hydroxylation is 3. The Bertz CT molecular complexity index is 642. The van der Waals surface area contributed by atoms with Crippen molar-refractivity contribution in [3.63, 3.8) is 0 Å². The van der Waals surface area contributed by atoms with Crippen LogP contribution in [-0.2, 0) is 7.05 Å². The summed E-state index contributed by atoms with van der Waals surface area (Å²) in [7, 11) is 3.47. The first-order chi connectivity index (χ1) is 8.99. The molecule has 0 aliphatic heterocycles. The van der Waals surface area contributed by atoms with Gasteiger partial charge in [0.05, 0.1) is 7.11 Å². The average Bonchev–Trinajstić information content (AvgIpc) is 2.63. The third-order valence-corrected chi connectivity index (χ3v) is 3.38. The molecule has 0 amide bonds. The maximum absolute atomic E-state index is 11.3.